The van der Waals surface area contributed by atoms with E-state index in [4.69, 9.17) is 0 Å². The molecule has 300 valence electrons. The zero-order chi connectivity index (χ0) is 42.0. The maximum Gasteiger partial charge on any atom is 0.272 e. The van der Waals surface area contributed by atoms with E-state index in [0.717, 1.165) is 57.1 Å². The van der Waals surface area contributed by atoms with Crippen LogP contribution in [-0.4, -0.2) is 29.2 Å². The van der Waals surface area contributed by atoms with Crippen LogP contribution < -0.4 is 16.0 Å². The van der Waals surface area contributed by atoms with Gasteiger partial charge in [0.2, 0.25) is 5.91 Å². The molecule has 8 rings (SSSR count). The number of rotatable bonds is 13. The Morgan fingerprint density at radius 2 is 1.41 bits per heavy atom. The molecule has 8 nitrogen and oxygen atoms in total. The average Bonchev–Trinajstić information content (AvgIpc) is 3.65. The van der Waals surface area contributed by atoms with Gasteiger partial charge in [-0.2, -0.15) is 5.26 Å². The number of hydrogen-bond donors (Lipinski definition) is 3. The number of carbonyl (C=O) groups is 3. The van der Waals surface area contributed by atoms with E-state index < -0.39 is 17.1 Å². The molecule has 0 saturated heterocycles. The molecule has 61 heavy (non-hydrogen) atoms. The van der Waals surface area contributed by atoms with Gasteiger partial charge in [-0.25, -0.2) is 0 Å². The summed E-state index contributed by atoms with van der Waals surface area (Å²) in [6.45, 7) is 2.35. The molecule has 0 bridgehead atoms. The van der Waals surface area contributed by atoms with Crippen LogP contribution in [0.3, 0.4) is 0 Å². The minimum absolute atomic E-state index is 0.0658. The molecular weight excluding hydrogens is 795 g/mol. The van der Waals surface area contributed by atoms with E-state index in [-0.39, 0.29) is 11.6 Å². The largest absolute Gasteiger partial charge is 0.321 e. The molecule has 0 fully saturated rings. The van der Waals surface area contributed by atoms with Crippen LogP contribution >= 0.6 is 23.1 Å². The van der Waals surface area contributed by atoms with Crippen molar-refractivity contribution >= 4 is 57.6 Å². The first-order valence-electron chi connectivity index (χ1n) is 19.9. The predicted octanol–water partition coefficient (Wildman–Crippen LogP) is 10.7. The predicted molar refractivity (Wildman–Crippen MR) is 246 cm³/mol. The number of nitrogens with one attached hydrogen (secondary N) is 3. The van der Waals surface area contributed by atoms with Crippen molar-refractivity contribution in [2.24, 2.45) is 0 Å². The van der Waals surface area contributed by atoms with Gasteiger partial charge in [0.25, 0.3) is 11.8 Å². The van der Waals surface area contributed by atoms with E-state index in [1.54, 1.807) is 36.4 Å². The summed E-state index contributed by atoms with van der Waals surface area (Å²) in [5, 5.41) is 19.1. The number of fused-ring (bicyclic) bond motifs is 1. The summed E-state index contributed by atoms with van der Waals surface area (Å²) in [5.74, 6) is -1.18. The lowest BCUT2D eigenvalue weighted by molar-refractivity contribution is -0.116. The SMILES string of the molecule is N#Cc1c(NC(=O)C(Sc2cccc(NC(=O)/C(=C\c3ccc(-c4ccccc4)cc3)NC(=O)c3ccccc3)c2)c2ccccc2)sc2c1CCN(Cc1ccccc1)C2. The van der Waals surface area contributed by atoms with Gasteiger partial charge >= 0.3 is 0 Å². The molecule has 1 aliphatic rings. The first-order valence-corrected chi connectivity index (χ1v) is 21.6. The Morgan fingerprint density at radius 3 is 2.11 bits per heavy atom. The number of thioether (sulfide) groups is 1. The molecule has 0 radical (unpaired) electrons. The van der Waals surface area contributed by atoms with Gasteiger partial charge in [-0.3, -0.25) is 19.3 Å². The van der Waals surface area contributed by atoms with Gasteiger partial charge in [-0.05, 0) is 76.2 Å². The van der Waals surface area contributed by atoms with Gasteiger partial charge in [0, 0.05) is 40.7 Å². The number of nitriles is 1. The van der Waals surface area contributed by atoms with Crippen molar-refractivity contribution < 1.29 is 14.4 Å². The molecule has 10 heteroatoms. The van der Waals surface area contributed by atoms with Crippen LogP contribution in [0.4, 0.5) is 10.7 Å². The van der Waals surface area contributed by atoms with E-state index in [1.165, 1.54) is 28.7 Å². The summed E-state index contributed by atoms with van der Waals surface area (Å²) in [7, 11) is 0. The number of amides is 3. The fourth-order valence-electron chi connectivity index (χ4n) is 7.21. The van der Waals surface area contributed by atoms with E-state index >= 15 is 0 Å². The summed E-state index contributed by atoms with van der Waals surface area (Å²) < 4.78 is 0. The highest BCUT2D eigenvalue weighted by atomic mass is 32.2. The summed E-state index contributed by atoms with van der Waals surface area (Å²) in [4.78, 5) is 45.8. The van der Waals surface area contributed by atoms with E-state index in [0.29, 0.717) is 28.4 Å². The molecule has 7 aromatic rings. The van der Waals surface area contributed by atoms with Crippen LogP contribution in [-0.2, 0) is 29.1 Å². The van der Waals surface area contributed by atoms with Crippen molar-refractivity contribution in [2.75, 3.05) is 17.2 Å². The third-order valence-electron chi connectivity index (χ3n) is 10.3. The van der Waals surface area contributed by atoms with Crippen molar-refractivity contribution in [3.8, 4) is 17.2 Å². The Labute approximate surface area is 363 Å². The Hall–Kier alpha value is -7.03. The molecular formula is C51H41N5O3S2. The molecule has 1 unspecified atom stereocenters. The van der Waals surface area contributed by atoms with Crippen LogP contribution in [0.15, 0.2) is 180 Å². The third-order valence-corrected chi connectivity index (χ3v) is 12.7. The highest BCUT2D eigenvalue weighted by Gasteiger charge is 2.28. The van der Waals surface area contributed by atoms with Crippen LogP contribution in [0.2, 0.25) is 0 Å². The van der Waals surface area contributed by atoms with Crippen molar-refractivity contribution in [3.05, 3.63) is 214 Å². The van der Waals surface area contributed by atoms with E-state index in [9.17, 15) is 19.6 Å². The van der Waals surface area contributed by atoms with Crippen molar-refractivity contribution in [1.82, 2.24) is 10.2 Å². The monoisotopic (exact) mass is 835 g/mol. The molecule has 1 atom stereocenters. The number of hydrogen-bond acceptors (Lipinski definition) is 7. The second kappa shape index (κ2) is 19.4. The van der Waals surface area contributed by atoms with Crippen LogP contribution in [0.1, 0.15) is 48.3 Å². The van der Waals surface area contributed by atoms with Gasteiger partial charge in [0.1, 0.15) is 22.0 Å². The van der Waals surface area contributed by atoms with Gasteiger partial charge in [-0.15, -0.1) is 23.1 Å². The summed E-state index contributed by atoms with van der Waals surface area (Å²) in [5.41, 5.74) is 7.37. The highest BCUT2D eigenvalue weighted by molar-refractivity contribution is 8.00. The van der Waals surface area contributed by atoms with Gasteiger partial charge < -0.3 is 16.0 Å². The lowest BCUT2D eigenvalue weighted by Gasteiger charge is -2.26. The standard InChI is InChI=1S/C51H41N5O3S2/c52-32-44-43-28-29-56(33-36-14-5-1-6-15-36)34-46(43)61-51(44)55-50(59)47(39-18-9-3-10-19-39)60-42-23-13-22-41(31-42)53-49(58)45(54-48(57)40-20-11-4-12-21-40)30-35-24-26-38(27-25-35)37-16-7-2-8-17-37/h1-27,30-31,47H,28-29,33-34H2,(H,53,58)(H,54,57)(H,55,59)/b45-30+. The molecule has 2 heterocycles. The van der Waals surface area contributed by atoms with Gasteiger partial charge in [0.15, 0.2) is 0 Å². The molecule has 6 aromatic carbocycles. The topological polar surface area (TPSA) is 114 Å². The maximum atomic E-state index is 14.3. The molecule has 1 aliphatic heterocycles. The number of benzene rings is 6. The average molecular weight is 836 g/mol. The fourth-order valence-corrected chi connectivity index (χ4v) is 9.54. The first kappa shape index (κ1) is 40.7. The number of anilines is 2. The summed E-state index contributed by atoms with van der Waals surface area (Å²) in [6, 6.07) is 56.0. The summed E-state index contributed by atoms with van der Waals surface area (Å²) in [6.07, 6.45) is 2.39. The lowest BCUT2D eigenvalue weighted by atomic mass is 10.0. The van der Waals surface area contributed by atoms with Gasteiger partial charge in [0.05, 0.1) is 5.56 Å². The van der Waals surface area contributed by atoms with Crippen molar-refractivity contribution in [3.63, 3.8) is 0 Å². The second-order valence-corrected chi connectivity index (χ2v) is 16.8. The number of carbonyl (C=O) groups excluding carboxylic acids is 3. The summed E-state index contributed by atoms with van der Waals surface area (Å²) >= 11 is 2.82. The van der Waals surface area contributed by atoms with Crippen LogP contribution in [0.25, 0.3) is 17.2 Å². The number of thiophene rings is 1. The molecule has 0 spiro atoms. The lowest BCUT2D eigenvalue weighted by Crippen LogP contribution is -2.30. The molecule has 0 saturated carbocycles. The van der Waals surface area contributed by atoms with Crippen LogP contribution in [0, 0.1) is 11.3 Å². The molecule has 3 N–H and O–H groups in total. The quantitative estimate of drug-likeness (QED) is 0.0787. The van der Waals surface area contributed by atoms with Crippen molar-refractivity contribution in [1.29, 1.82) is 5.26 Å². The number of nitrogens with zero attached hydrogens (tertiary/aromatic N) is 2. The zero-order valence-corrected chi connectivity index (χ0v) is 34.7. The third kappa shape index (κ3) is 10.2. The Morgan fingerprint density at radius 1 is 0.754 bits per heavy atom. The second-order valence-electron chi connectivity index (χ2n) is 14.5. The highest BCUT2D eigenvalue weighted by Crippen LogP contribution is 2.41. The fraction of sp³-hybridized carbons (Fsp3) is 0.0980. The minimum atomic E-state index is -0.674. The first-order chi connectivity index (χ1) is 29.9. The Kier molecular flexibility index (Phi) is 12.9. The molecule has 3 amide bonds. The van der Waals surface area contributed by atoms with E-state index in [1.807, 2.05) is 127 Å². The maximum absolute atomic E-state index is 14.3. The molecule has 0 aliphatic carbocycles. The zero-order valence-electron chi connectivity index (χ0n) is 33.1. The normalized spacial score (nSPS) is 13.0. The van der Waals surface area contributed by atoms with Gasteiger partial charge in [-0.1, -0.05) is 140 Å². The Bertz CT molecular complexity index is 2710. The Balaban J connectivity index is 1.01. The molecule has 1 aromatic heterocycles. The smallest absolute Gasteiger partial charge is 0.272 e. The van der Waals surface area contributed by atoms with Crippen molar-refractivity contribution in [2.45, 2.75) is 29.7 Å². The van der Waals surface area contributed by atoms with Crippen LogP contribution in [0.5, 0.6) is 0 Å². The van der Waals surface area contributed by atoms with E-state index in [2.05, 4.69) is 39.1 Å². The minimum Gasteiger partial charge on any atom is -0.321 e.